The van der Waals surface area contributed by atoms with Crippen molar-refractivity contribution < 1.29 is 19.0 Å². The Morgan fingerprint density at radius 2 is 1.79 bits per heavy atom. The SMILES string of the molecule is COc1ccc(NC(=O)NC[C@H]2CCN(c3ccccc3OC)C2)cc1OC. The number of methoxy groups -OCH3 is 3. The Hall–Kier alpha value is -3.09. The van der Waals surface area contributed by atoms with Crippen molar-refractivity contribution in [3.05, 3.63) is 42.5 Å². The van der Waals surface area contributed by atoms with Crippen molar-refractivity contribution in [1.82, 2.24) is 5.32 Å². The van der Waals surface area contributed by atoms with E-state index in [0.29, 0.717) is 29.6 Å². The van der Waals surface area contributed by atoms with Crippen LogP contribution in [0.2, 0.25) is 0 Å². The third-order valence-electron chi connectivity index (χ3n) is 4.90. The maximum absolute atomic E-state index is 12.2. The van der Waals surface area contributed by atoms with E-state index in [1.165, 1.54) is 0 Å². The van der Waals surface area contributed by atoms with E-state index < -0.39 is 0 Å². The Balaban J connectivity index is 1.50. The van der Waals surface area contributed by atoms with Gasteiger partial charge in [0.05, 0.1) is 27.0 Å². The summed E-state index contributed by atoms with van der Waals surface area (Å²) in [6, 6.07) is 13.1. The normalized spacial score (nSPS) is 15.8. The summed E-state index contributed by atoms with van der Waals surface area (Å²) in [6.07, 6.45) is 1.02. The van der Waals surface area contributed by atoms with Crippen molar-refractivity contribution in [2.24, 2.45) is 5.92 Å². The highest BCUT2D eigenvalue weighted by molar-refractivity contribution is 5.89. The molecule has 28 heavy (non-hydrogen) atoms. The van der Waals surface area contributed by atoms with Gasteiger partial charge >= 0.3 is 6.03 Å². The fourth-order valence-electron chi connectivity index (χ4n) is 3.44. The molecule has 0 radical (unpaired) electrons. The number of hydrogen-bond acceptors (Lipinski definition) is 5. The molecule has 150 valence electrons. The lowest BCUT2D eigenvalue weighted by Gasteiger charge is -2.21. The first-order valence-electron chi connectivity index (χ1n) is 9.29. The van der Waals surface area contributed by atoms with Gasteiger partial charge in [0.15, 0.2) is 11.5 Å². The van der Waals surface area contributed by atoms with Crippen LogP contribution in [0.5, 0.6) is 17.2 Å². The zero-order chi connectivity index (χ0) is 19.9. The van der Waals surface area contributed by atoms with E-state index in [4.69, 9.17) is 14.2 Å². The number of carbonyl (C=O) groups excluding carboxylic acids is 1. The number of ether oxygens (including phenoxy) is 3. The molecular weight excluding hydrogens is 358 g/mol. The highest BCUT2D eigenvalue weighted by Gasteiger charge is 2.24. The lowest BCUT2D eigenvalue weighted by molar-refractivity contribution is 0.250. The van der Waals surface area contributed by atoms with Gasteiger partial charge in [0.2, 0.25) is 0 Å². The van der Waals surface area contributed by atoms with Gasteiger partial charge in [-0.1, -0.05) is 12.1 Å². The molecule has 1 fully saturated rings. The van der Waals surface area contributed by atoms with Gasteiger partial charge in [-0.15, -0.1) is 0 Å². The van der Waals surface area contributed by atoms with Crippen LogP contribution in [0.25, 0.3) is 0 Å². The zero-order valence-corrected chi connectivity index (χ0v) is 16.5. The number of rotatable bonds is 7. The number of hydrogen-bond donors (Lipinski definition) is 2. The fourth-order valence-corrected chi connectivity index (χ4v) is 3.44. The molecule has 1 aliphatic rings. The van der Waals surface area contributed by atoms with Gasteiger partial charge < -0.3 is 29.7 Å². The second-order valence-corrected chi connectivity index (χ2v) is 6.68. The number of carbonyl (C=O) groups is 1. The molecule has 1 atom stereocenters. The molecule has 0 saturated carbocycles. The molecule has 3 rings (SSSR count). The van der Waals surface area contributed by atoms with Gasteiger partial charge in [-0.2, -0.15) is 0 Å². The van der Waals surface area contributed by atoms with E-state index in [9.17, 15) is 4.79 Å². The highest BCUT2D eigenvalue weighted by Crippen LogP contribution is 2.32. The molecular formula is C21H27N3O4. The fraction of sp³-hybridized carbons (Fsp3) is 0.381. The van der Waals surface area contributed by atoms with Crippen molar-refractivity contribution in [3.63, 3.8) is 0 Å². The van der Waals surface area contributed by atoms with E-state index in [-0.39, 0.29) is 6.03 Å². The van der Waals surface area contributed by atoms with E-state index >= 15 is 0 Å². The maximum Gasteiger partial charge on any atom is 0.319 e. The third-order valence-corrected chi connectivity index (χ3v) is 4.90. The second kappa shape index (κ2) is 9.21. The molecule has 1 aliphatic heterocycles. The lowest BCUT2D eigenvalue weighted by Crippen LogP contribution is -2.34. The number of nitrogens with one attached hydrogen (secondary N) is 2. The summed E-state index contributed by atoms with van der Waals surface area (Å²) in [7, 11) is 4.83. The smallest absolute Gasteiger partial charge is 0.319 e. The Morgan fingerprint density at radius 3 is 2.54 bits per heavy atom. The van der Waals surface area contributed by atoms with Gasteiger partial charge in [0.25, 0.3) is 0 Å². The average Bonchev–Trinajstić information content (AvgIpc) is 3.21. The number of anilines is 2. The van der Waals surface area contributed by atoms with Crippen LogP contribution >= 0.6 is 0 Å². The van der Waals surface area contributed by atoms with Crippen molar-refractivity contribution in [3.8, 4) is 17.2 Å². The summed E-state index contributed by atoms with van der Waals surface area (Å²) in [4.78, 5) is 14.6. The molecule has 2 aromatic rings. The van der Waals surface area contributed by atoms with Gasteiger partial charge in [0, 0.05) is 31.4 Å². The monoisotopic (exact) mass is 385 g/mol. The highest BCUT2D eigenvalue weighted by atomic mass is 16.5. The molecule has 0 unspecified atom stereocenters. The minimum absolute atomic E-state index is 0.233. The molecule has 7 nitrogen and oxygen atoms in total. The molecule has 1 saturated heterocycles. The molecule has 0 aromatic heterocycles. The van der Waals surface area contributed by atoms with Crippen LogP contribution in [0.15, 0.2) is 42.5 Å². The molecule has 2 aromatic carbocycles. The van der Waals surface area contributed by atoms with E-state index in [1.807, 2.05) is 18.2 Å². The zero-order valence-electron chi connectivity index (χ0n) is 16.5. The Bertz CT molecular complexity index is 812. The number of nitrogens with zero attached hydrogens (tertiary/aromatic N) is 1. The summed E-state index contributed by atoms with van der Waals surface area (Å²) >= 11 is 0. The third kappa shape index (κ3) is 4.60. The van der Waals surface area contributed by atoms with Crippen LogP contribution in [0.3, 0.4) is 0 Å². The summed E-state index contributed by atoms with van der Waals surface area (Å²) in [5, 5.41) is 5.79. The number of para-hydroxylation sites is 2. The number of benzene rings is 2. The summed E-state index contributed by atoms with van der Waals surface area (Å²) in [6.45, 7) is 2.45. The molecule has 0 bridgehead atoms. The van der Waals surface area contributed by atoms with Crippen LogP contribution in [0, 0.1) is 5.92 Å². The first-order valence-corrected chi connectivity index (χ1v) is 9.29. The minimum atomic E-state index is -0.233. The predicted molar refractivity (Wildman–Crippen MR) is 110 cm³/mol. The van der Waals surface area contributed by atoms with Gasteiger partial charge in [-0.25, -0.2) is 4.79 Å². The lowest BCUT2D eigenvalue weighted by atomic mass is 10.1. The minimum Gasteiger partial charge on any atom is -0.495 e. The number of amides is 2. The van der Waals surface area contributed by atoms with Crippen LogP contribution < -0.4 is 29.7 Å². The predicted octanol–water partition coefficient (Wildman–Crippen LogP) is 3.36. The first kappa shape index (κ1) is 19.7. The summed E-state index contributed by atoms with van der Waals surface area (Å²) in [5.41, 5.74) is 1.75. The maximum atomic E-state index is 12.2. The van der Waals surface area contributed by atoms with Crippen molar-refractivity contribution >= 4 is 17.4 Å². The summed E-state index contributed by atoms with van der Waals surface area (Å²) in [5.74, 6) is 2.46. The van der Waals surface area contributed by atoms with E-state index in [0.717, 1.165) is 30.9 Å². The molecule has 2 N–H and O–H groups in total. The van der Waals surface area contributed by atoms with E-state index in [2.05, 4.69) is 21.6 Å². The Labute approximate surface area is 165 Å². The molecule has 0 spiro atoms. The second-order valence-electron chi connectivity index (χ2n) is 6.68. The van der Waals surface area contributed by atoms with Gasteiger partial charge in [-0.05, 0) is 36.6 Å². The molecule has 7 heteroatoms. The van der Waals surface area contributed by atoms with Crippen LogP contribution in [0.4, 0.5) is 16.2 Å². The largest absolute Gasteiger partial charge is 0.495 e. The van der Waals surface area contributed by atoms with Crippen molar-refractivity contribution in [2.75, 3.05) is 51.2 Å². The van der Waals surface area contributed by atoms with Crippen molar-refractivity contribution in [1.29, 1.82) is 0 Å². The summed E-state index contributed by atoms with van der Waals surface area (Å²) < 4.78 is 15.9. The van der Waals surface area contributed by atoms with Gasteiger partial charge in [0.1, 0.15) is 5.75 Å². The average molecular weight is 385 g/mol. The Kier molecular flexibility index (Phi) is 6.47. The first-order chi connectivity index (χ1) is 13.6. The van der Waals surface area contributed by atoms with Gasteiger partial charge in [-0.3, -0.25) is 0 Å². The molecule has 2 amide bonds. The van der Waals surface area contributed by atoms with Crippen LogP contribution in [-0.2, 0) is 0 Å². The quantitative estimate of drug-likeness (QED) is 0.765. The van der Waals surface area contributed by atoms with Crippen LogP contribution in [0.1, 0.15) is 6.42 Å². The van der Waals surface area contributed by atoms with Crippen molar-refractivity contribution in [2.45, 2.75) is 6.42 Å². The standard InChI is InChI=1S/C21H27N3O4/c1-26-18-7-5-4-6-17(18)24-11-10-15(14-24)13-22-21(25)23-16-8-9-19(27-2)20(12-16)28-3/h4-9,12,15H,10-11,13-14H2,1-3H3,(H2,22,23,25)/t15-/m1/s1. The van der Waals surface area contributed by atoms with Crippen LogP contribution in [-0.4, -0.2) is 47.0 Å². The molecule has 1 heterocycles. The Morgan fingerprint density at radius 1 is 1.04 bits per heavy atom. The number of urea groups is 1. The molecule has 0 aliphatic carbocycles. The topological polar surface area (TPSA) is 72.1 Å². The van der Waals surface area contributed by atoms with E-state index in [1.54, 1.807) is 39.5 Å².